The van der Waals surface area contributed by atoms with Crippen LogP contribution in [0.1, 0.15) is 35.2 Å². The maximum absolute atomic E-state index is 12.5. The van der Waals surface area contributed by atoms with E-state index in [0.29, 0.717) is 11.3 Å². The molecule has 1 heterocycles. The van der Waals surface area contributed by atoms with E-state index in [4.69, 9.17) is 10.5 Å². The van der Waals surface area contributed by atoms with Gasteiger partial charge in [0.2, 0.25) is 11.8 Å². The Balaban J connectivity index is 1.78. The maximum atomic E-state index is 12.5. The first-order valence-corrected chi connectivity index (χ1v) is 9.39. The second kappa shape index (κ2) is 9.08. The normalized spacial score (nSPS) is 14.1. The summed E-state index contributed by atoms with van der Waals surface area (Å²) in [6.07, 6.45) is 6.64. The molecule has 0 atom stereocenters. The molecule has 1 aliphatic rings. The molecule has 6 heteroatoms. The van der Waals surface area contributed by atoms with E-state index in [9.17, 15) is 9.59 Å². The quantitative estimate of drug-likeness (QED) is 0.753. The van der Waals surface area contributed by atoms with Crippen LogP contribution in [0, 0.1) is 0 Å². The van der Waals surface area contributed by atoms with Crippen LogP contribution in [-0.4, -0.2) is 32.0 Å². The minimum Gasteiger partial charge on any atom is -0.497 e. The van der Waals surface area contributed by atoms with Gasteiger partial charge in [0, 0.05) is 24.7 Å². The molecule has 0 spiro atoms. The SMILES string of the molecule is COc1ccc(/C=C/C(=O)Nc2cc(C(N)=O)ccc2N2CCCCC2)cc1. The molecule has 0 unspecified atom stereocenters. The van der Waals surface area contributed by atoms with Crippen molar-refractivity contribution in [1.29, 1.82) is 0 Å². The van der Waals surface area contributed by atoms with E-state index in [1.807, 2.05) is 30.3 Å². The van der Waals surface area contributed by atoms with Crippen LogP contribution in [0.15, 0.2) is 48.5 Å². The van der Waals surface area contributed by atoms with Crippen molar-refractivity contribution in [3.05, 3.63) is 59.7 Å². The maximum Gasteiger partial charge on any atom is 0.248 e. The second-order valence-corrected chi connectivity index (χ2v) is 6.74. The summed E-state index contributed by atoms with van der Waals surface area (Å²) in [6, 6.07) is 12.6. The number of nitrogens with zero attached hydrogens (tertiary/aromatic N) is 1. The molecule has 3 N–H and O–H groups in total. The summed E-state index contributed by atoms with van der Waals surface area (Å²) in [7, 11) is 1.61. The fourth-order valence-electron chi connectivity index (χ4n) is 3.26. The first-order chi connectivity index (χ1) is 13.6. The number of hydrogen-bond acceptors (Lipinski definition) is 4. The number of primary amides is 1. The monoisotopic (exact) mass is 379 g/mol. The highest BCUT2D eigenvalue weighted by Gasteiger charge is 2.17. The van der Waals surface area contributed by atoms with Crippen molar-refractivity contribution in [2.75, 3.05) is 30.4 Å². The Labute approximate surface area is 165 Å². The molecule has 146 valence electrons. The number of hydrogen-bond donors (Lipinski definition) is 2. The number of ether oxygens (including phenoxy) is 1. The lowest BCUT2D eigenvalue weighted by Crippen LogP contribution is -2.30. The van der Waals surface area contributed by atoms with Gasteiger partial charge < -0.3 is 20.7 Å². The first-order valence-electron chi connectivity index (χ1n) is 9.39. The number of nitrogens with one attached hydrogen (secondary N) is 1. The van der Waals surface area contributed by atoms with E-state index in [1.54, 1.807) is 25.3 Å². The van der Waals surface area contributed by atoms with Crippen LogP contribution in [0.4, 0.5) is 11.4 Å². The third-order valence-corrected chi connectivity index (χ3v) is 4.78. The minimum absolute atomic E-state index is 0.268. The molecule has 6 nitrogen and oxygen atoms in total. The van der Waals surface area contributed by atoms with Crippen LogP contribution in [0.25, 0.3) is 6.08 Å². The predicted molar refractivity (Wildman–Crippen MR) is 112 cm³/mol. The Kier molecular flexibility index (Phi) is 6.32. The summed E-state index contributed by atoms with van der Waals surface area (Å²) in [5.74, 6) is -0.0267. The molecule has 0 aromatic heterocycles. The Bertz CT molecular complexity index is 869. The van der Waals surface area contributed by atoms with Gasteiger partial charge in [-0.2, -0.15) is 0 Å². The third kappa shape index (κ3) is 4.91. The van der Waals surface area contributed by atoms with Crippen LogP contribution in [0.5, 0.6) is 5.75 Å². The van der Waals surface area contributed by atoms with Crippen LogP contribution in [0.3, 0.4) is 0 Å². The van der Waals surface area contributed by atoms with E-state index < -0.39 is 5.91 Å². The molecule has 2 aromatic rings. The van der Waals surface area contributed by atoms with Gasteiger partial charge in [-0.3, -0.25) is 9.59 Å². The molecule has 28 heavy (non-hydrogen) atoms. The molecule has 1 saturated heterocycles. The van der Waals surface area contributed by atoms with E-state index in [-0.39, 0.29) is 5.91 Å². The summed E-state index contributed by atoms with van der Waals surface area (Å²) in [4.78, 5) is 26.3. The molecule has 1 aliphatic heterocycles. The number of carbonyl (C=O) groups is 2. The number of nitrogens with two attached hydrogens (primary N) is 1. The Morgan fingerprint density at radius 3 is 2.43 bits per heavy atom. The van der Waals surface area contributed by atoms with Crippen molar-refractivity contribution in [3.63, 3.8) is 0 Å². The van der Waals surface area contributed by atoms with E-state index >= 15 is 0 Å². The third-order valence-electron chi connectivity index (χ3n) is 4.78. The molecular weight excluding hydrogens is 354 g/mol. The predicted octanol–water partition coefficient (Wildman–Crippen LogP) is 3.44. The summed E-state index contributed by atoms with van der Waals surface area (Å²) in [5.41, 5.74) is 8.18. The smallest absolute Gasteiger partial charge is 0.248 e. The highest BCUT2D eigenvalue weighted by molar-refractivity contribution is 6.05. The van der Waals surface area contributed by atoms with Gasteiger partial charge in [-0.05, 0) is 61.2 Å². The van der Waals surface area contributed by atoms with Gasteiger partial charge in [0.25, 0.3) is 0 Å². The molecule has 2 amide bonds. The highest BCUT2D eigenvalue weighted by Crippen LogP contribution is 2.29. The average molecular weight is 379 g/mol. The number of piperidine rings is 1. The Morgan fingerprint density at radius 2 is 1.79 bits per heavy atom. The van der Waals surface area contributed by atoms with Crippen molar-refractivity contribution in [3.8, 4) is 5.75 Å². The van der Waals surface area contributed by atoms with E-state index in [0.717, 1.165) is 42.9 Å². The number of anilines is 2. The van der Waals surface area contributed by atoms with E-state index in [1.165, 1.54) is 12.5 Å². The minimum atomic E-state index is -0.519. The molecular formula is C22H25N3O3. The number of benzene rings is 2. The molecule has 0 radical (unpaired) electrons. The second-order valence-electron chi connectivity index (χ2n) is 6.74. The van der Waals surface area contributed by atoms with Gasteiger partial charge in [-0.1, -0.05) is 12.1 Å². The zero-order valence-corrected chi connectivity index (χ0v) is 16.0. The average Bonchev–Trinajstić information content (AvgIpc) is 2.73. The van der Waals surface area contributed by atoms with Crippen molar-refractivity contribution in [1.82, 2.24) is 0 Å². The van der Waals surface area contributed by atoms with Crippen molar-refractivity contribution in [2.24, 2.45) is 5.73 Å². The van der Waals surface area contributed by atoms with Crippen molar-refractivity contribution < 1.29 is 14.3 Å². The first kappa shape index (κ1) is 19.5. The summed E-state index contributed by atoms with van der Waals surface area (Å²) in [5, 5.41) is 2.90. The zero-order chi connectivity index (χ0) is 19.9. The van der Waals surface area contributed by atoms with Gasteiger partial charge in [-0.25, -0.2) is 0 Å². The fraction of sp³-hybridized carbons (Fsp3) is 0.273. The molecule has 0 bridgehead atoms. The van der Waals surface area contributed by atoms with Gasteiger partial charge in [0.05, 0.1) is 18.5 Å². The van der Waals surface area contributed by atoms with Crippen LogP contribution < -0.4 is 20.7 Å². The summed E-state index contributed by atoms with van der Waals surface area (Å²) in [6.45, 7) is 1.86. The van der Waals surface area contributed by atoms with Crippen molar-refractivity contribution >= 4 is 29.3 Å². The van der Waals surface area contributed by atoms with Crippen molar-refractivity contribution in [2.45, 2.75) is 19.3 Å². The van der Waals surface area contributed by atoms with Gasteiger partial charge in [0.1, 0.15) is 5.75 Å². The lowest BCUT2D eigenvalue weighted by Gasteiger charge is -2.30. The molecule has 3 rings (SSSR count). The van der Waals surface area contributed by atoms with Crippen LogP contribution in [-0.2, 0) is 4.79 Å². The Hall–Kier alpha value is -3.28. The molecule has 0 saturated carbocycles. The van der Waals surface area contributed by atoms with Gasteiger partial charge in [-0.15, -0.1) is 0 Å². The Morgan fingerprint density at radius 1 is 1.07 bits per heavy atom. The number of carbonyl (C=O) groups excluding carboxylic acids is 2. The topological polar surface area (TPSA) is 84.7 Å². The van der Waals surface area contributed by atoms with Gasteiger partial charge >= 0.3 is 0 Å². The summed E-state index contributed by atoms with van der Waals surface area (Å²) >= 11 is 0. The lowest BCUT2D eigenvalue weighted by molar-refractivity contribution is -0.111. The number of rotatable bonds is 6. The molecule has 2 aromatic carbocycles. The van der Waals surface area contributed by atoms with E-state index in [2.05, 4.69) is 10.2 Å². The summed E-state index contributed by atoms with van der Waals surface area (Å²) < 4.78 is 5.13. The van der Waals surface area contributed by atoms with Gasteiger partial charge in [0.15, 0.2) is 0 Å². The standard InChI is InChI=1S/C22H25N3O3/c1-28-18-9-5-16(6-10-18)7-12-21(26)24-19-15-17(22(23)27)8-11-20(19)25-13-3-2-4-14-25/h5-12,15H,2-4,13-14H2,1H3,(H2,23,27)(H,24,26)/b12-7+. The van der Waals surface area contributed by atoms with Crippen LogP contribution >= 0.6 is 0 Å². The molecule has 1 fully saturated rings. The molecule has 0 aliphatic carbocycles. The largest absolute Gasteiger partial charge is 0.497 e. The highest BCUT2D eigenvalue weighted by atomic mass is 16.5. The zero-order valence-electron chi connectivity index (χ0n) is 16.0. The lowest BCUT2D eigenvalue weighted by atomic mass is 10.1. The van der Waals surface area contributed by atoms with Crippen LogP contribution in [0.2, 0.25) is 0 Å². The number of amides is 2. The number of methoxy groups -OCH3 is 1. The fourth-order valence-corrected chi connectivity index (χ4v) is 3.26.